The third kappa shape index (κ3) is 4.18. The van der Waals surface area contributed by atoms with Crippen molar-refractivity contribution in [3.63, 3.8) is 0 Å². The van der Waals surface area contributed by atoms with Gasteiger partial charge in [-0.15, -0.1) is 0 Å². The molecule has 6 heteroatoms. The molecule has 1 saturated heterocycles. The second-order valence-corrected chi connectivity index (χ2v) is 7.65. The van der Waals surface area contributed by atoms with E-state index in [1.165, 1.54) is 0 Å². The maximum Gasteiger partial charge on any atom is 0.335 e. The normalized spacial score (nSPS) is 18.1. The Kier molecular flexibility index (Phi) is 5.65. The molecular weight excluding hydrogens is 370 g/mol. The maximum absolute atomic E-state index is 13.6. The van der Waals surface area contributed by atoms with Gasteiger partial charge in [0.2, 0.25) is 0 Å². The average molecular weight is 395 g/mol. The quantitative estimate of drug-likeness (QED) is 0.842. The van der Waals surface area contributed by atoms with Crippen LogP contribution in [0.5, 0.6) is 0 Å². The van der Waals surface area contributed by atoms with Crippen molar-refractivity contribution in [1.82, 2.24) is 4.90 Å². The number of fused-ring (bicyclic) bond motifs is 1. The third-order valence-electron chi connectivity index (χ3n) is 5.80. The standard InChI is InChI=1S/C23H25NO5/c25-21(26)19-7-6-18-8-11-24(15-20(18)14-19)22(27)23(9-12-28-13-10-23)29-16-17-4-2-1-3-5-17/h1-7,14H,8-13,15-16H2,(H,25,26). The molecule has 152 valence electrons. The van der Waals surface area contributed by atoms with Crippen LogP contribution in [0.25, 0.3) is 0 Å². The number of amides is 1. The van der Waals surface area contributed by atoms with Gasteiger partial charge in [-0.25, -0.2) is 4.79 Å². The van der Waals surface area contributed by atoms with Crippen LogP contribution in [-0.2, 0) is 33.8 Å². The zero-order chi connectivity index (χ0) is 20.3. The molecular formula is C23H25NO5. The number of hydrogen-bond acceptors (Lipinski definition) is 4. The van der Waals surface area contributed by atoms with Crippen LogP contribution in [0, 0.1) is 0 Å². The molecule has 0 radical (unpaired) electrons. The van der Waals surface area contributed by atoms with E-state index in [-0.39, 0.29) is 11.5 Å². The summed E-state index contributed by atoms with van der Waals surface area (Å²) in [5.74, 6) is -0.980. The Morgan fingerprint density at radius 2 is 1.83 bits per heavy atom. The van der Waals surface area contributed by atoms with Gasteiger partial charge in [0.05, 0.1) is 12.2 Å². The van der Waals surface area contributed by atoms with E-state index in [4.69, 9.17) is 9.47 Å². The number of hydrogen-bond donors (Lipinski definition) is 1. The van der Waals surface area contributed by atoms with Crippen molar-refractivity contribution >= 4 is 11.9 Å². The first-order valence-corrected chi connectivity index (χ1v) is 9.97. The minimum Gasteiger partial charge on any atom is -0.478 e. The van der Waals surface area contributed by atoms with E-state index in [1.807, 2.05) is 41.3 Å². The molecule has 2 aromatic rings. The molecule has 1 N–H and O–H groups in total. The summed E-state index contributed by atoms with van der Waals surface area (Å²) in [5.41, 5.74) is 2.39. The fraction of sp³-hybridized carbons (Fsp3) is 0.391. The van der Waals surface area contributed by atoms with Gasteiger partial charge in [0.1, 0.15) is 0 Å². The topological polar surface area (TPSA) is 76.1 Å². The molecule has 0 aliphatic carbocycles. The summed E-state index contributed by atoms with van der Waals surface area (Å²) in [7, 11) is 0. The average Bonchev–Trinajstić information content (AvgIpc) is 2.77. The molecule has 29 heavy (non-hydrogen) atoms. The van der Waals surface area contributed by atoms with Gasteiger partial charge in [0, 0.05) is 39.1 Å². The van der Waals surface area contributed by atoms with Crippen molar-refractivity contribution in [2.24, 2.45) is 0 Å². The zero-order valence-electron chi connectivity index (χ0n) is 16.3. The van der Waals surface area contributed by atoms with Crippen LogP contribution in [0.3, 0.4) is 0 Å². The van der Waals surface area contributed by atoms with Crippen LogP contribution in [0.4, 0.5) is 0 Å². The van der Waals surface area contributed by atoms with E-state index in [9.17, 15) is 14.7 Å². The molecule has 6 nitrogen and oxygen atoms in total. The molecule has 4 rings (SSSR count). The molecule has 0 saturated carbocycles. The molecule has 0 spiro atoms. The van der Waals surface area contributed by atoms with E-state index in [2.05, 4.69) is 0 Å². The van der Waals surface area contributed by atoms with E-state index < -0.39 is 11.6 Å². The monoisotopic (exact) mass is 395 g/mol. The number of ether oxygens (including phenoxy) is 2. The Labute approximate surface area is 170 Å². The first-order valence-electron chi connectivity index (χ1n) is 9.97. The van der Waals surface area contributed by atoms with Gasteiger partial charge in [-0.1, -0.05) is 36.4 Å². The van der Waals surface area contributed by atoms with Gasteiger partial charge in [-0.05, 0) is 35.2 Å². The maximum atomic E-state index is 13.6. The summed E-state index contributed by atoms with van der Waals surface area (Å²) >= 11 is 0. The van der Waals surface area contributed by atoms with Crippen molar-refractivity contribution < 1.29 is 24.2 Å². The second-order valence-electron chi connectivity index (χ2n) is 7.65. The Morgan fingerprint density at radius 1 is 1.07 bits per heavy atom. The molecule has 0 bridgehead atoms. The number of carboxylic acid groups (broad SMARTS) is 1. The van der Waals surface area contributed by atoms with E-state index in [1.54, 1.807) is 12.1 Å². The molecule has 0 atom stereocenters. The number of carboxylic acids is 1. The lowest BCUT2D eigenvalue weighted by Crippen LogP contribution is -2.54. The third-order valence-corrected chi connectivity index (χ3v) is 5.80. The first kappa shape index (κ1) is 19.6. The van der Waals surface area contributed by atoms with Gasteiger partial charge >= 0.3 is 5.97 Å². The molecule has 1 fully saturated rings. The van der Waals surface area contributed by atoms with Gasteiger partial charge in [0.15, 0.2) is 5.60 Å². The van der Waals surface area contributed by atoms with Crippen molar-refractivity contribution in [3.05, 3.63) is 70.8 Å². The first-order chi connectivity index (χ1) is 14.1. The number of carbonyl (C=O) groups is 2. The lowest BCUT2D eigenvalue weighted by atomic mass is 9.90. The number of rotatable bonds is 5. The number of nitrogens with zero attached hydrogens (tertiary/aromatic N) is 1. The predicted molar refractivity (Wildman–Crippen MR) is 107 cm³/mol. The molecule has 2 aromatic carbocycles. The highest BCUT2D eigenvalue weighted by Gasteiger charge is 2.44. The van der Waals surface area contributed by atoms with Crippen LogP contribution in [-0.4, -0.2) is 47.2 Å². The van der Waals surface area contributed by atoms with Crippen LogP contribution in [0.2, 0.25) is 0 Å². The van der Waals surface area contributed by atoms with Crippen molar-refractivity contribution in [2.45, 2.75) is 38.0 Å². The number of carbonyl (C=O) groups excluding carboxylic acids is 1. The van der Waals surface area contributed by atoms with Crippen LogP contribution >= 0.6 is 0 Å². The summed E-state index contributed by atoms with van der Waals surface area (Å²) in [6.45, 7) is 2.38. The van der Waals surface area contributed by atoms with E-state index in [0.717, 1.165) is 16.7 Å². The minimum absolute atomic E-state index is 0.0249. The Morgan fingerprint density at radius 3 is 2.55 bits per heavy atom. The lowest BCUT2D eigenvalue weighted by Gasteiger charge is -2.41. The SMILES string of the molecule is O=C(O)c1ccc2c(c1)CN(C(=O)C1(OCc3ccccc3)CCOCC1)CC2. The highest BCUT2D eigenvalue weighted by atomic mass is 16.5. The second kappa shape index (κ2) is 8.35. The molecule has 0 unspecified atom stereocenters. The van der Waals surface area contributed by atoms with Crippen molar-refractivity contribution in [3.8, 4) is 0 Å². The van der Waals surface area contributed by atoms with Crippen LogP contribution < -0.4 is 0 Å². The van der Waals surface area contributed by atoms with Crippen molar-refractivity contribution in [1.29, 1.82) is 0 Å². The van der Waals surface area contributed by atoms with E-state index in [0.29, 0.717) is 52.2 Å². The molecule has 2 heterocycles. The predicted octanol–water partition coefficient (Wildman–Crippen LogP) is 3.04. The number of benzene rings is 2. The minimum atomic E-state index is -0.955. The Balaban J connectivity index is 1.53. The van der Waals surface area contributed by atoms with Crippen LogP contribution in [0.15, 0.2) is 48.5 Å². The Hall–Kier alpha value is -2.70. The van der Waals surface area contributed by atoms with Gasteiger partial charge in [-0.3, -0.25) is 4.79 Å². The molecule has 2 aliphatic rings. The van der Waals surface area contributed by atoms with Gasteiger partial charge in [-0.2, -0.15) is 0 Å². The smallest absolute Gasteiger partial charge is 0.335 e. The highest BCUT2D eigenvalue weighted by Crippen LogP contribution is 2.31. The fourth-order valence-electron chi connectivity index (χ4n) is 4.07. The lowest BCUT2D eigenvalue weighted by molar-refractivity contribution is -0.175. The van der Waals surface area contributed by atoms with Gasteiger partial charge < -0.3 is 19.5 Å². The van der Waals surface area contributed by atoms with Gasteiger partial charge in [0.25, 0.3) is 5.91 Å². The highest BCUT2D eigenvalue weighted by molar-refractivity contribution is 5.88. The molecule has 0 aromatic heterocycles. The summed E-state index contributed by atoms with van der Waals surface area (Å²) in [5, 5.41) is 9.27. The van der Waals surface area contributed by atoms with E-state index >= 15 is 0 Å². The largest absolute Gasteiger partial charge is 0.478 e. The number of aromatic carboxylic acids is 1. The molecule has 2 aliphatic heterocycles. The summed E-state index contributed by atoms with van der Waals surface area (Å²) in [6.07, 6.45) is 1.76. The molecule has 1 amide bonds. The summed E-state index contributed by atoms with van der Waals surface area (Å²) in [4.78, 5) is 26.7. The van der Waals surface area contributed by atoms with Crippen molar-refractivity contribution in [2.75, 3.05) is 19.8 Å². The Bertz CT molecular complexity index is 889. The zero-order valence-corrected chi connectivity index (χ0v) is 16.3. The summed E-state index contributed by atoms with van der Waals surface area (Å²) < 4.78 is 11.8. The van der Waals surface area contributed by atoms with Crippen LogP contribution in [0.1, 0.15) is 39.9 Å². The summed E-state index contributed by atoms with van der Waals surface area (Å²) in [6, 6.07) is 15.0. The fourth-order valence-corrected chi connectivity index (χ4v) is 4.07.